The summed E-state index contributed by atoms with van der Waals surface area (Å²) in [5, 5.41) is 11.2. The maximum Gasteiger partial charge on any atom is 0.352 e. The molecule has 1 heterocycles. The van der Waals surface area contributed by atoms with Gasteiger partial charge >= 0.3 is 5.97 Å². The topological polar surface area (TPSA) is 53.1 Å². The van der Waals surface area contributed by atoms with Gasteiger partial charge in [0.25, 0.3) is 0 Å². The monoisotopic (exact) mass is 305 g/mol. The molecule has 0 bridgehead atoms. The van der Waals surface area contributed by atoms with E-state index in [1.165, 1.54) is 0 Å². The number of carboxylic acid groups (broad SMARTS) is 1. The van der Waals surface area contributed by atoms with Crippen LogP contribution in [0.1, 0.15) is 10.5 Å². The Morgan fingerprint density at radius 2 is 1.80 bits per heavy atom. The standard InChI is InChI=1S/C15H9Cl2NO2/c16-9-3-1-2-8(6-9)13-11-7-10(17)4-5-12(11)18-14(13)15(19)20/h1-7,18H,(H,19,20). The Balaban J connectivity index is 2.39. The zero-order valence-corrected chi connectivity index (χ0v) is 11.7. The highest BCUT2D eigenvalue weighted by Gasteiger charge is 2.18. The lowest BCUT2D eigenvalue weighted by molar-refractivity contribution is 0.0692. The minimum atomic E-state index is -1.02. The van der Waals surface area contributed by atoms with Crippen molar-refractivity contribution in [1.82, 2.24) is 4.98 Å². The van der Waals surface area contributed by atoms with Crippen LogP contribution in [0, 0.1) is 0 Å². The minimum Gasteiger partial charge on any atom is -0.477 e. The third kappa shape index (κ3) is 2.15. The largest absolute Gasteiger partial charge is 0.477 e. The lowest BCUT2D eigenvalue weighted by Gasteiger charge is -2.03. The highest BCUT2D eigenvalue weighted by Crippen LogP contribution is 2.35. The summed E-state index contributed by atoms with van der Waals surface area (Å²) in [5.41, 5.74) is 2.19. The van der Waals surface area contributed by atoms with E-state index in [4.69, 9.17) is 23.2 Å². The molecule has 1 aromatic heterocycles. The molecule has 2 N–H and O–H groups in total. The molecule has 0 spiro atoms. The average molecular weight is 306 g/mol. The number of rotatable bonds is 2. The van der Waals surface area contributed by atoms with Crippen LogP contribution in [-0.2, 0) is 0 Å². The van der Waals surface area contributed by atoms with Gasteiger partial charge in [0.2, 0.25) is 0 Å². The Labute approximate surface area is 124 Å². The van der Waals surface area contributed by atoms with E-state index in [2.05, 4.69) is 4.98 Å². The SMILES string of the molecule is O=C(O)c1[nH]c2ccc(Cl)cc2c1-c1cccc(Cl)c1. The van der Waals surface area contributed by atoms with Gasteiger partial charge in [-0.25, -0.2) is 4.79 Å². The van der Waals surface area contributed by atoms with Gasteiger partial charge in [-0.15, -0.1) is 0 Å². The van der Waals surface area contributed by atoms with Crippen molar-refractivity contribution in [3.05, 3.63) is 58.2 Å². The Kier molecular flexibility index (Phi) is 3.16. The predicted octanol–water partition coefficient (Wildman–Crippen LogP) is 4.84. The number of halogens is 2. The third-order valence-electron chi connectivity index (χ3n) is 3.09. The summed E-state index contributed by atoms with van der Waals surface area (Å²) in [6.45, 7) is 0. The van der Waals surface area contributed by atoms with Crippen molar-refractivity contribution in [2.24, 2.45) is 0 Å². The molecule has 0 amide bonds. The fourth-order valence-corrected chi connectivity index (χ4v) is 2.63. The van der Waals surface area contributed by atoms with Crippen molar-refractivity contribution in [2.75, 3.05) is 0 Å². The number of hydrogen-bond acceptors (Lipinski definition) is 1. The molecule has 0 atom stereocenters. The lowest BCUT2D eigenvalue weighted by atomic mass is 10.0. The minimum absolute atomic E-state index is 0.129. The summed E-state index contributed by atoms with van der Waals surface area (Å²) in [6, 6.07) is 12.3. The third-order valence-corrected chi connectivity index (χ3v) is 3.56. The molecule has 5 heteroatoms. The smallest absolute Gasteiger partial charge is 0.352 e. The zero-order valence-electron chi connectivity index (χ0n) is 10.2. The summed E-state index contributed by atoms with van der Waals surface area (Å²) in [7, 11) is 0. The van der Waals surface area contributed by atoms with Crippen LogP contribution in [-0.4, -0.2) is 16.1 Å². The molecular weight excluding hydrogens is 297 g/mol. The molecule has 0 saturated carbocycles. The van der Waals surface area contributed by atoms with Gasteiger partial charge in [0.05, 0.1) is 0 Å². The second kappa shape index (κ2) is 4.85. The average Bonchev–Trinajstić information content (AvgIpc) is 2.77. The first kappa shape index (κ1) is 13.0. The second-order valence-corrected chi connectivity index (χ2v) is 5.25. The van der Waals surface area contributed by atoms with Crippen molar-refractivity contribution >= 4 is 40.1 Å². The Morgan fingerprint density at radius 3 is 2.50 bits per heavy atom. The van der Waals surface area contributed by atoms with Gasteiger partial charge in [-0.05, 0) is 35.9 Å². The number of H-pyrrole nitrogens is 1. The Bertz CT molecular complexity index is 824. The number of benzene rings is 2. The van der Waals surface area contributed by atoms with E-state index < -0.39 is 5.97 Å². The maximum absolute atomic E-state index is 11.4. The first-order chi connectivity index (χ1) is 9.56. The van der Waals surface area contributed by atoms with Gasteiger partial charge in [-0.1, -0.05) is 35.3 Å². The van der Waals surface area contributed by atoms with Crippen molar-refractivity contribution in [3.63, 3.8) is 0 Å². The van der Waals surface area contributed by atoms with Crippen LogP contribution >= 0.6 is 23.2 Å². The molecule has 0 aliphatic rings. The Hall–Kier alpha value is -1.97. The first-order valence-corrected chi connectivity index (χ1v) is 6.62. The fourth-order valence-electron chi connectivity index (χ4n) is 2.27. The van der Waals surface area contributed by atoms with Gasteiger partial charge < -0.3 is 10.1 Å². The molecule has 3 rings (SSSR count). The van der Waals surface area contributed by atoms with Crippen LogP contribution in [0.3, 0.4) is 0 Å². The van der Waals surface area contributed by atoms with Crippen LogP contribution < -0.4 is 0 Å². The van der Waals surface area contributed by atoms with E-state index in [1.54, 1.807) is 36.4 Å². The molecule has 0 unspecified atom stereocenters. The van der Waals surface area contributed by atoms with Crippen molar-refractivity contribution in [2.45, 2.75) is 0 Å². The molecule has 0 radical (unpaired) electrons. The number of aromatic nitrogens is 1. The van der Waals surface area contributed by atoms with E-state index in [0.29, 0.717) is 15.6 Å². The number of nitrogens with one attached hydrogen (secondary N) is 1. The number of aromatic carboxylic acids is 1. The lowest BCUT2D eigenvalue weighted by Crippen LogP contribution is -1.98. The van der Waals surface area contributed by atoms with Gasteiger partial charge in [-0.2, -0.15) is 0 Å². The summed E-state index contributed by atoms with van der Waals surface area (Å²) >= 11 is 12.0. The molecule has 2 aromatic carbocycles. The number of aromatic amines is 1. The highest BCUT2D eigenvalue weighted by atomic mass is 35.5. The first-order valence-electron chi connectivity index (χ1n) is 5.87. The summed E-state index contributed by atoms with van der Waals surface area (Å²) in [6.07, 6.45) is 0. The van der Waals surface area contributed by atoms with E-state index in [0.717, 1.165) is 16.5 Å². The van der Waals surface area contributed by atoms with Crippen LogP contribution in [0.25, 0.3) is 22.0 Å². The molecule has 0 saturated heterocycles. The van der Waals surface area contributed by atoms with Crippen LogP contribution in [0.4, 0.5) is 0 Å². The normalized spacial score (nSPS) is 10.9. The number of hydrogen-bond donors (Lipinski definition) is 2. The van der Waals surface area contributed by atoms with Crippen LogP contribution in [0.15, 0.2) is 42.5 Å². The Morgan fingerprint density at radius 1 is 1.05 bits per heavy atom. The van der Waals surface area contributed by atoms with E-state index in [-0.39, 0.29) is 5.69 Å². The number of carboxylic acids is 1. The van der Waals surface area contributed by atoms with Crippen molar-refractivity contribution in [3.8, 4) is 11.1 Å². The van der Waals surface area contributed by atoms with Gasteiger partial charge in [0, 0.05) is 26.5 Å². The van der Waals surface area contributed by atoms with E-state index >= 15 is 0 Å². The zero-order chi connectivity index (χ0) is 14.3. The summed E-state index contributed by atoms with van der Waals surface area (Å²) < 4.78 is 0. The molecule has 3 aromatic rings. The van der Waals surface area contributed by atoms with Crippen LogP contribution in [0.2, 0.25) is 10.0 Å². The molecule has 0 aliphatic carbocycles. The second-order valence-electron chi connectivity index (χ2n) is 4.38. The fraction of sp³-hybridized carbons (Fsp3) is 0. The molecular formula is C15H9Cl2NO2. The number of fused-ring (bicyclic) bond motifs is 1. The van der Waals surface area contributed by atoms with Crippen molar-refractivity contribution < 1.29 is 9.90 Å². The van der Waals surface area contributed by atoms with Gasteiger partial charge in [0.15, 0.2) is 0 Å². The maximum atomic E-state index is 11.4. The molecule has 3 nitrogen and oxygen atoms in total. The van der Waals surface area contributed by atoms with Crippen LogP contribution in [0.5, 0.6) is 0 Å². The quantitative estimate of drug-likeness (QED) is 0.711. The van der Waals surface area contributed by atoms with Gasteiger partial charge in [0.1, 0.15) is 5.69 Å². The summed E-state index contributed by atoms with van der Waals surface area (Å²) in [5.74, 6) is -1.02. The molecule has 0 aliphatic heterocycles. The van der Waals surface area contributed by atoms with E-state index in [9.17, 15) is 9.90 Å². The van der Waals surface area contributed by atoms with Crippen molar-refractivity contribution in [1.29, 1.82) is 0 Å². The number of carbonyl (C=O) groups is 1. The van der Waals surface area contributed by atoms with E-state index in [1.807, 2.05) is 6.07 Å². The molecule has 100 valence electrons. The van der Waals surface area contributed by atoms with Gasteiger partial charge in [-0.3, -0.25) is 0 Å². The summed E-state index contributed by atoms with van der Waals surface area (Å²) in [4.78, 5) is 14.3. The highest BCUT2D eigenvalue weighted by molar-refractivity contribution is 6.32. The molecule has 0 fully saturated rings. The molecule has 20 heavy (non-hydrogen) atoms. The predicted molar refractivity (Wildman–Crippen MR) is 80.7 cm³/mol.